The van der Waals surface area contributed by atoms with E-state index in [1.807, 2.05) is 0 Å². The SMILES string of the molecule is CCc1c(N)c2c(O)c(O)c1OS(=O)(=O)O2. The van der Waals surface area contributed by atoms with E-state index in [2.05, 4.69) is 8.37 Å². The second-order valence-corrected chi connectivity index (χ2v) is 4.33. The van der Waals surface area contributed by atoms with Gasteiger partial charge in [0.25, 0.3) is 0 Å². The van der Waals surface area contributed by atoms with Gasteiger partial charge in [-0.25, -0.2) is 0 Å². The Morgan fingerprint density at radius 3 is 2.25 bits per heavy atom. The van der Waals surface area contributed by atoms with Crippen LogP contribution in [0.3, 0.4) is 0 Å². The maximum absolute atomic E-state index is 11.2. The van der Waals surface area contributed by atoms with Crippen molar-refractivity contribution in [3.63, 3.8) is 0 Å². The molecular formula is C8H9NO6S. The molecule has 0 aliphatic carbocycles. The molecule has 16 heavy (non-hydrogen) atoms. The highest BCUT2D eigenvalue weighted by molar-refractivity contribution is 7.82. The van der Waals surface area contributed by atoms with Crippen molar-refractivity contribution in [2.45, 2.75) is 13.3 Å². The van der Waals surface area contributed by atoms with Gasteiger partial charge in [-0.05, 0) is 6.42 Å². The third kappa shape index (κ3) is 1.30. The molecule has 7 nitrogen and oxygen atoms in total. The minimum Gasteiger partial charge on any atom is -0.502 e. The minimum absolute atomic E-state index is 0.0612. The number of aromatic hydroxyl groups is 2. The van der Waals surface area contributed by atoms with Crippen LogP contribution in [0.4, 0.5) is 5.69 Å². The summed E-state index contributed by atoms with van der Waals surface area (Å²) in [6.45, 7) is 1.69. The second kappa shape index (κ2) is 3.08. The third-order valence-electron chi connectivity index (χ3n) is 2.22. The normalized spacial score (nSPS) is 16.3. The smallest absolute Gasteiger partial charge is 0.501 e. The summed E-state index contributed by atoms with van der Waals surface area (Å²) in [6, 6.07) is 0. The molecule has 2 aliphatic rings. The molecule has 4 N–H and O–H groups in total. The molecule has 1 aromatic carbocycles. The Kier molecular flexibility index (Phi) is 2.06. The number of hydrogen-bond donors (Lipinski definition) is 3. The highest BCUT2D eigenvalue weighted by Gasteiger charge is 2.34. The lowest BCUT2D eigenvalue weighted by molar-refractivity contribution is 0.387. The molecule has 0 spiro atoms. The second-order valence-electron chi connectivity index (χ2n) is 3.18. The Balaban J connectivity index is 2.88. The van der Waals surface area contributed by atoms with Crippen LogP contribution in [0, 0.1) is 0 Å². The summed E-state index contributed by atoms with van der Waals surface area (Å²) in [5.74, 6) is -2.33. The monoisotopic (exact) mass is 247 g/mol. The van der Waals surface area contributed by atoms with E-state index in [0.29, 0.717) is 6.42 Å². The Morgan fingerprint density at radius 2 is 1.69 bits per heavy atom. The number of hydrogen-bond acceptors (Lipinski definition) is 7. The molecule has 0 fully saturated rings. The van der Waals surface area contributed by atoms with E-state index in [1.165, 1.54) is 0 Å². The fourth-order valence-corrected chi connectivity index (χ4v) is 2.28. The highest BCUT2D eigenvalue weighted by atomic mass is 32.3. The first-order valence-electron chi connectivity index (χ1n) is 4.37. The first-order valence-corrected chi connectivity index (χ1v) is 5.70. The number of benzene rings is 1. The van der Waals surface area contributed by atoms with Crippen molar-refractivity contribution in [2.75, 3.05) is 5.73 Å². The Hall–Kier alpha value is -1.83. The lowest BCUT2D eigenvalue weighted by Crippen LogP contribution is -2.14. The zero-order valence-corrected chi connectivity index (χ0v) is 9.04. The van der Waals surface area contributed by atoms with Crippen LogP contribution in [0.25, 0.3) is 0 Å². The molecule has 1 aromatic rings. The molecule has 0 aromatic heterocycles. The zero-order chi connectivity index (χ0) is 12.1. The summed E-state index contributed by atoms with van der Waals surface area (Å²) in [7, 11) is -4.35. The number of nitrogens with two attached hydrogens (primary N) is 1. The van der Waals surface area contributed by atoms with Gasteiger partial charge in [0.05, 0.1) is 5.69 Å². The summed E-state index contributed by atoms with van der Waals surface area (Å²) < 4.78 is 31.3. The van der Waals surface area contributed by atoms with Crippen LogP contribution in [0.5, 0.6) is 23.0 Å². The Bertz CT molecular complexity index is 565. The Labute approximate surface area is 91.4 Å². The molecule has 0 saturated heterocycles. The van der Waals surface area contributed by atoms with Crippen molar-refractivity contribution in [2.24, 2.45) is 0 Å². The molecule has 3 rings (SSSR count). The number of rotatable bonds is 1. The van der Waals surface area contributed by atoms with E-state index in [9.17, 15) is 18.6 Å². The van der Waals surface area contributed by atoms with Gasteiger partial charge < -0.3 is 24.3 Å². The van der Waals surface area contributed by atoms with E-state index in [-0.39, 0.29) is 11.3 Å². The number of fused-ring (bicyclic) bond motifs is 4. The summed E-state index contributed by atoms with van der Waals surface area (Å²) in [4.78, 5) is 0. The zero-order valence-electron chi connectivity index (χ0n) is 8.22. The van der Waals surface area contributed by atoms with Crippen molar-refractivity contribution in [1.82, 2.24) is 0 Å². The summed E-state index contributed by atoms with van der Waals surface area (Å²) in [5.41, 5.74) is 5.80. The molecule has 8 heteroatoms. The van der Waals surface area contributed by atoms with Gasteiger partial charge in [0.1, 0.15) is 0 Å². The van der Waals surface area contributed by atoms with Gasteiger partial charge in [0.15, 0.2) is 5.75 Å². The average molecular weight is 247 g/mol. The number of phenols is 2. The molecule has 0 saturated carbocycles. The van der Waals surface area contributed by atoms with Crippen molar-refractivity contribution >= 4 is 16.1 Å². The lowest BCUT2D eigenvalue weighted by Gasteiger charge is -2.09. The van der Waals surface area contributed by atoms with Crippen molar-refractivity contribution in [1.29, 1.82) is 0 Å². The maximum atomic E-state index is 11.2. The van der Waals surface area contributed by atoms with Gasteiger partial charge in [0, 0.05) is 5.56 Å². The molecule has 0 amide bonds. The molecule has 88 valence electrons. The first-order chi connectivity index (χ1) is 7.37. The van der Waals surface area contributed by atoms with Gasteiger partial charge in [-0.3, -0.25) is 0 Å². The molecule has 0 atom stereocenters. The van der Waals surface area contributed by atoms with E-state index in [1.54, 1.807) is 6.92 Å². The standard InChI is InChI=1S/C8H9NO6S/c1-2-3-4(9)8-6(11)5(10)7(3)14-16(12,13)15-8/h10-11H,2,9H2,1H3. The molecule has 0 unspecified atom stereocenters. The summed E-state index contributed by atoms with van der Waals surface area (Å²) >= 11 is 0. The molecule has 2 heterocycles. The van der Waals surface area contributed by atoms with Gasteiger partial charge in [-0.2, -0.15) is 0 Å². The van der Waals surface area contributed by atoms with Crippen LogP contribution >= 0.6 is 0 Å². The lowest BCUT2D eigenvalue weighted by atomic mass is 10.1. The van der Waals surface area contributed by atoms with Crippen molar-refractivity contribution in [3.05, 3.63) is 5.56 Å². The van der Waals surface area contributed by atoms with E-state index < -0.39 is 33.4 Å². The predicted octanol–water partition coefficient (Wildman–Crippen LogP) is 0.258. The van der Waals surface area contributed by atoms with Crippen LogP contribution in [-0.4, -0.2) is 18.6 Å². The van der Waals surface area contributed by atoms with Gasteiger partial charge in [-0.15, -0.1) is 8.42 Å². The quantitative estimate of drug-likeness (QED) is 0.370. The highest BCUT2D eigenvalue weighted by Crippen LogP contribution is 2.53. The molecule has 0 radical (unpaired) electrons. The number of anilines is 1. The minimum atomic E-state index is -4.35. The number of phenolic OH excluding ortho intramolecular Hbond substituents is 2. The molecule has 2 aliphatic heterocycles. The van der Waals surface area contributed by atoms with E-state index in [0.717, 1.165) is 0 Å². The van der Waals surface area contributed by atoms with Crippen LogP contribution < -0.4 is 14.1 Å². The predicted molar refractivity (Wildman–Crippen MR) is 53.7 cm³/mol. The van der Waals surface area contributed by atoms with Crippen molar-refractivity contribution < 1.29 is 27.0 Å². The van der Waals surface area contributed by atoms with Crippen LogP contribution in [0.15, 0.2) is 0 Å². The number of nitrogen functional groups attached to an aromatic ring is 1. The fourth-order valence-electron chi connectivity index (χ4n) is 1.49. The molecule has 2 bridgehead atoms. The average Bonchev–Trinajstić information content (AvgIpc) is 2.35. The van der Waals surface area contributed by atoms with Crippen LogP contribution in [-0.2, 0) is 16.8 Å². The molecular weight excluding hydrogens is 238 g/mol. The maximum Gasteiger partial charge on any atom is 0.501 e. The van der Waals surface area contributed by atoms with Gasteiger partial charge in [-0.1, -0.05) is 6.92 Å². The van der Waals surface area contributed by atoms with Gasteiger partial charge in [0.2, 0.25) is 17.2 Å². The Morgan fingerprint density at radius 1 is 1.19 bits per heavy atom. The third-order valence-corrected chi connectivity index (χ3v) is 2.96. The van der Waals surface area contributed by atoms with Crippen LogP contribution in [0.1, 0.15) is 12.5 Å². The fraction of sp³-hybridized carbons (Fsp3) is 0.250. The summed E-state index contributed by atoms with van der Waals surface area (Å²) in [6.07, 6.45) is 0.320. The van der Waals surface area contributed by atoms with Crippen molar-refractivity contribution in [3.8, 4) is 23.0 Å². The van der Waals surface area contributed by atoms with Gasteiger partial charge >= 0.3 is 10.4 Å². The topological polar surface area (TPSA) is 119 Å². The van der Waals surface area contributed by atoms with E-state index >= 15 is 0 Å². The summed E-state index contributed by atoms with van der Waals surface area (Å²) in [5, 5.41) is 19.0. The van der Waals surface area contributed by atoms with Crippen LogP contribution in [0.2, 0.25) is 0 Å². The first kappa shape index (κ1) is 10.7. The largest absolute Gasteiger partial charge is 0.502 e. The van der Waals surface area contributed by atoms with E-state index in [4.69, 9.17) is 5.73 Å².